The molecule has 0 radical (unpaired) electrons. The van der Waals surface area contributed by atoms with Crippen molar-refractivity contribution in [2.24, 2.45) is 5.92 Å². The van der Waals surface area contributed by atoms with Gasteiger partial charge in [0, 0.05) is 10.9 Å². The van der Waals surface area contributed by atoms with Gasteiger partial charge in [0.15, 0.2) is 0 Å². The van der Waals surface area contributed by atoms with Crippen molar-refractivity contribution in [1.82, 2.24) is 10.2 Å². The highest BCUT2D eigenvalue weighted by molar-refractivity contribution is 7.10. The van der Waals surface area contributed by atoms with E-state index in [2.05, 4.69) is 27.7 Å². The van der Waals surface area contributed by atoms with Crippen molar-refractivity contribution in [1.29, 1.82) is 0 Å². The van der Waals surface area contributed by atoms with E-state index in [1.807, 2.05) is 11.3 Å². The smallest absolute Gasteiger partial charge is 0.0443 e. The first-order chi connectivity index (χ1) is 9.43. The first-order valence-corrected chi connectivity index (χ1v) is 8.80. The zero-order valence-corrected chi connectivity index (χ0v) is 12.6. The van der Waals surface area contributed by atoms with E-state index in [1.165, 1.54) is 64.7 Å². The maximum atomic E-state index is 3.81. The third-order valence-corrected chi connectivity index (χ3v) is 5.36. The van der Waals surface area contributed by atoms with Crippen LogP contribution >= 0.6 is 11.3 Å². The Morgan fingerprint density at radius 1 is 1.26 bits per heavy atom. The highest BCUT2D eigenvalue weighted by Gasteiger charge is 2.32. The lowest BCUT2D eigenvalue weighted by Crippen LogP contribution is -2.33. The first kappa shape index (κ1) is 13.6. The van der Waals surface area contributed by atoms with Crippen molar-refractivity contribution in [3.8, 4) is 0 Å². The predicted octanol–water partition coefficient (Wildman–Crippen LogP) is 3.66. The summed E-state index contributed by atoms with van der Waals surface area (Å²) in [6.07, 6.45) is 8.40. The molecular weight excluding hydrogens is 252 g/mol. The highest BCUT2D eigenvalue weighted by atomic mass is 32.1. The summed E-state index contributed by atoms with van der Waals surface area (Å²) in [4.78, 5) is 4.18. The monoisotopic (exact) mass is 278 g/mol. The van der Waals surface area contributed by atoms with Crippen molar-refractivity contribution in [3.05, 3.63) is 22.4 Å². The van der Waals surface area contributed by atoms with Crippen LogP contribution in [0.5, 0.6) is 0 Å². The largest absolute Gasteiger partial charge is 0.309 e. The predicted molar refractivity (Wildman–Crippen MR) is 82.7 cm³/mol. The molecule has 106 valence electrons. The van der Waals surface area contributed by atoms with Gasteiger partial charge in [0.2, 0.25) is 0 Å². The summed E-state index contributed by atoms with van der Waals surface area (Å²) >= 11 is 1.91. The Bertz CT molecular complexity index is 353. The van der Waals surface area contributed by atoms with Crippen LogP contribution < -0.4 is 5.32 Å². The molecule has 0 aromatic carbocycles. The summed E-state index contributed by atoms with van der Waals surface area (Å²) in [6, 6.07) is 5.12. The molecule has 0 amide bonds. The SMILES string of the molecule is c1csc(C(NCCCN2CCCCC2)C2CC2)c1. The van der Waals surface area contributed by atoms with Crippen LogP contribution in [0.4, 0.5) is 0 Å². The number of nitrogens with zero attached hydrogens (tertiary/aromatic N) is 1. The number of hydrogen-bond donors (Lipinski definition) is 1. The van der Waals surface area contributed by atoms with Gasteiger partial charge in [0.1, 0.15) is 0 Å². The molecule has 2 fully saturated rings. The van der Waals surface area contributed by atoms with E-state index >= 15 is 0 Å². The Labute approximate surface area is 121 Å². The second-order valence-electron chi connectivity index (χ2n) is 6.04. The lowest BCUT2D eigenvalue weighted by molar-refractivity contribution is 0.224. The van der Waals surface area contributed by atoms with Crippen LogP contribution in [0.1, 0.15) is 49.4 Å². The number of likely N-dealkylation sites (tertiary alicyclic amines) is 1. The average molecular weight is 278 g/mol. The van der Waals surface area contributed by atoms with Gasteiger partial charge in [-0.05, 0) is 75.6 Å². The van der Waals surface area contributed by atoms with E-state index < -0.39 is 0 Å². The van der Waals surface area contributed by atoms with E-state index in [0.717, 1.165) is 5.92 Å². The van der Waals surface area contributed by atoms with E-state index in [4.69, 9.17) is 0 Å². The molecule has 1 N–H and O–H groups in total. The summed E-state index contributed by atoms with van der Waals surface area (Å²) in [5.74, 6) is 0.911. The molecule has 1 atom stereocenters. The van der Waals surface area contributed by atoms with Crippen molar-refractivity contribution in [2.75, 3.05) is 26.2 Å². The molecule has 1 saturated heterocycles. The van der Waals surface area contributed by atoms with Crippen molar-refractivity contribution in [2.45, 2.75) is 44.6 Å². The zero-order valence-electron chi connectivity index (χ0n) is 11.8. The fourth-order valence-electron chi connectivity index (χ4n) is 3.14. The molecule has 1 aromatic heterocycles. The van der Waals surface area contributed by atoms with Gasteiger partial charge >= 0.3 is 0 Å². The normalized spacial score (nSPS) is 22.5. The van der Waals surface area contributed by atoms with Crippen LogP contribution in [-0.4, -0.2) is 31.1 Å². The fraction of sp³-hybridized carbons (Fsp3) is 0.750. The van der Waals surface area contributed by atoms with Gasteiger partial charge in [-0.3, -0.25) is 0 Å². The molecule has 1 unspecified atom stereocenters. The number of hydrogen-bond acceptors (Lipinski definition) is 3. The molecule has 2 nitrogen and oxygen atoms in total. The minimum absolute atomic E-state index is 0.640. The molecule has 19 heavy (non-hydrogen) atoms. The topological polar surface area (TPSA) is 15.3 Å². The van der Waals surface area contributed by atoms with Crippen LogP contribution in [0, 0.1) is 5.92 Å². The molecular formula is C16H26N2S. The van der Waals surface area contributed by atoms with Crippen LogP contribution in [0.15, 0.2) is 17.5 Å². The van der Waals surface area contributed by atoms with Gasteiger partial charge in [-0.25, -0.2) is 0 Å². The lowest BCUT2D eigenvalue weighted by atomic mass is 10.1. The Morgan fingerprint density at radius 2 is 2.11 bits per heavy atom. The Kier molecular flexibility index (Phi) is 4.91. The van der Waals surface area contributed by atoms with Gasteiger partial charge < -0.3 is 10.2 Å². The third-order valence-electron chi connectivity index (χ3n) is 4.41. The third kappa shape index (κ3) is 4.04. The maximum absolute atomic E-state index is 3.81. The summed E-state index contributed by atoms with van der Waals surface area (Å²) in [7, 11) is 0. The molecule has 2 heterocycles. The Morgan fingerprint density at radius 3 is 2.79 bits per heavy atom. The fourth-order valence-corrected chi connectivity index (χ4v) is 4.03. The van der Waals surface area contributed by atoms with Crippen LogP contribution in [0.25, 0.3) is 0 Å². The molecule has 0 spiro atoms. The maximum Gasteiger partial charge on any atom is 0.0443 e. The second kappa shape index (κ2) is 6.87. The minimum atomic E-state index is 0.640. The number of piperidine rings is 1. The molecule has 1 aromatic rings. The Balaban J connectivity index is 1.38. The van der Waals surface area contributed by atoms with Crippen LogP contribution in [0.2, 0.25) is 0 Å². The molecule has 1 saturated carbocycles. The van der Waals surface area contributed by atoms with E-state index in [-0.39, 0.29) is 0 Å². The minimum Gasteiger partial charge on any atom is -0.309 e. The van der Waals surface area contributed by atoms with Gasteiger partial charge in [0.05, 0.1) is 0 Å². The van der Waals surface area contributed by atoms with E-state index in [0.29, 0.717) is 6.04 Å². The summed E-state index contributed by atoms with van der Waals surface area (Å²) in [5, 5.41) is 6.02. The van der Waals surface area contributed by atoms with Gasteiger partial charge in [0.25, 0.3) is 0 Å². The van der Waals surface area contributed by atoms with Crippen molar-refractivity contribution < 1.29 is 0 Å². The Hall–Kier alpha value is -0.380. The molecule has 1 aliphatic carbocycles. The number of nitrogens with one attached hydrogen (secondary N) is 1. The molecule has 3 heteroatoms. The van der Waals surface area contributed by atoms with E-state index in [1.54, 1.807) is 4.88 Å². The number of rotatable bonds is 7. The van der Waals surface area contributed by atoms with Crippen LogP contribution in [0.3, 0.4) is 0 Å². The van der Waals surface area contributed by atoms with Crippen LogP contribution in [-0.2, 0) is 0 Å². The highest BCUT2D eigenvalue weighted by Crippen LogP contribution is 2.42. The van der Waals surface area contributed by atoms with Gasteiger partial charge in [-0.1, -0.05) is 12.5 Å². The molecule has 0 bridgehead atoms. The van der Waals surface area contributed by atoms with Crippen molar-refractivity contribution >= 4 is 11.3 Å². The summed E-state index contributed by atoms with van der Waals surface area (Å²) < 4.78 is 0. The van der Waals surface area contributed by atoms with E-state index in [9.17, 15) is 0 Å². The zero-order chi connectivity index (χ0) is 12.9. The summed E-state index contributed by atoms with van der Waals surface area (Å²) in [5.41, 5.74) is 0. The molecule has 3 rings (SSSR count). The standard InChI is InChI=1S/C16H26N2S/c1-2-10-18(11-3-1)12-5-9-17-16(14-7-8-14)15-6-4-13-19-15/h4,6,13-14,16-17H,1-3,5,7-12H2. The van der Waals surface area contributed by atoms with Crippen molar-refractivity contribution in [3.63, 3.8) is 0 Å². The number of thiophene rings is 1. The molecule has 2 aliphatic rings. The van der Waals surface area contributed by atoms with Gasteiger partial charge in [-0.2, -0.15) is 0 Å². The average Bonchev–Trinajstić information content (AvgIpc) is 3.14. The molecule has 1 aliphatic heterocycles. The summed E-state index contributed by atoms with van der Waals surface area (Å²) in [6.45, 7) is 5.12. The lowest BCUT2D eigenvalue weighted by Gasteiger charge is -2.26. The quantitative estimate of drug-likeness (QED) is 0.766. The second-order valence-corrected chi connectivity index (χ2v) is 7.02. The van der Waals surface area contributed by atoms with Gasteiger partial charge in [-0.15, -0.1) is 11.3 Å². The first-order valence-electron chi connectivity index (χ1n) is 7.92.